The van der Waals surface area contributed by atoms with Gasteiger partial charge in [-0.3, -0.25) is 4.79 Å². The van der Waals surface area contributed by atoms with E-state index in [0.717, 1.165) is 49.1 Å². The maximum absolute atomic E-state index is 12.1. The summed E-state index contributed by atoms with van der Waals surface area (Å²) in [7, 11) is 0. The number of benzene rings is 1. The molecule has 1 aromatic rings. The zero-order valence-corrected chi connectivity index (χ0v) is 15.5. The highest BCUT2D eigenvalue weighted by atomic mass is 32.2. The van der Waals surface area contributed by atoms with Crippen LogP contribution >= 0.6 is 11.8 Å². The lowest BCUT2D eigenvalue weighted by molar-refractivity contribution is -0.116. The van der Waals surface area contributed by atoms with Gasteiger partial charge in [0, 0.05) is 42.7 Å². The molecule has 6 heteroatoms. The van der Waals surface area contributed by atoms with Crippen LogP contribution in [0.2, 0.25) is 0 Å². The Kier molecular flexibility index (Phi) is 8.42. The van der Waals surface area contributed by atoms with Gasteiger partial charge in [0.2, 0.25) is 5.91 Å². The van der Waals surface area contributed by atoms with Crippen molar-refractivity contribution in [1.82, 2.24) is 10.2 Å². The van der Waals surface area contributed by atoms with Crippen molar-refractivity contribution in [3.8, 4) is 5.75 Å². The number of carbonyl (C=O) groups excluding carboxylic acids is 1. The summed E-state index contributed by atoms with van der Waals surface area (Å²) in [5.41, 5.74) is 0.819. The third-order valence-electron chi connectivity index (χ3n) is 4.14. The summed E-state index contributed by atoms with van der Waals surface area (Å²) in [5.74, 6) is 3.04. The van der Waals surface area contributed by atoms with Crippen LogP contribution in [0, 0.1) is 0 Å². The summed E-state index contributed by atoms with van der Waals surface area (Å²) in [6, 6.07) is 7.90. The molecule has 1 unspecified atom stereocenters. The van der Waals surface area contributed by atoms with Crippen molar-refractivity contribution in [1.29, 1.82) is 0 Å². The van der Waals surface area contributed by atoms with Gasteiger partial charge in [0.1, 0.15) is 12.4 Å². The topological polar surface area (TPSA) is 53.6 Å². The molecule has 1 atom stereocenters. The van der Waals surface area contributed by atoms with Gasteiger partial charge in [-0.2, -0.15) is 11.8 Å². The van der Waals surface area contributed by atoms with Crippen molar-refractivity contribution in [3.63, 3.8) is 0 Å². The smallest absolute Gasteiger partial charge is 0.225 e. The fraction of sp³-hybridized carbons (Fsp3) is 0.611. The molecule has 1 aliphatic rings. The Labute approximate surface area is 149 Å². The molecule has 0 saturated carbocycles. The van der Waals surface area contributed by atoms with Crippen LogP contribution in [0.15, 0.2) is 24.3 Å². The number of thioether (sulfide) groups is 1. The predicted octanol–water partition coefficient (Wildman–Crippen LogP) is 2.44. The minimum atomic E-state index is 0.0604. The quantitative estimate of drug-likeness (QED) is 0.716. The number of ether oxygens (including phenoxy) is 1. The predicted molar refractivity (Wildman–Crippen MR) is 102 cm³/mol. The van der Waals surface area contributed by atoms with Gasteiger partial charge in [0.05, 0.1) is 0 Å². The van der Waals surface area contributed by atoms with Crippen molar-refractivity contribution in [2.24, 2.45) is 0 Å². The highest BCUT2D eigenvalue weighted by Gasteiger charge is 2.16. The minimum absolute atomic E-state index is 0.0604. The molecule has 0 aliphatic carbocycles. The summed E-state index contributed by atoms with van der Waals surface area (Å²) in [5, 5.41) is 6.34. The molecule has 0 bridgehead atoms. The Morgan fingerprint density at radius 2 is 2.08 bits per heavy atom. The highest BCUT2D eigenvalue weighted by molar-refractivity contribution is 7.99. The summed E-state index contributed by atoms with van der Waals surface area (Å²) in [6.45, 7) is 8.99. The summed E-state index contributed by atoms with van der Waals surface area (Å²) in [6.07, 6.45) is 0.523. The first kappa shape index (κ1) is 19.1. The zero-order chi connectivity index (χ0) is 17.2. The fourth-order valence-electron chi connectivity index (χ4n) is 2.65. The molecule has 1 saturated heterocycles. The summed E-state index contributed by atoms with van der Waals surface area (Å²) in [4.78, 5) is 14.4. The number of hydrogen-bond acceptors (Lipinski definition) is 5. The van der Waals surface area contributed by atoms with E-state index in [1.807, 2.05) is 36.0 Å². The lowest BCUT2D eigenvalue weighted by Crippen LogP contribution is -2.39. The molecular weight excluding hydrogens is 322 g/mol. The first-order valence-corrected chi connectivity index (χ1v) is 9.93. The minimum Gasteiger partial charge on any atom is -0.492 e. The van der Waals surface area contributed by atoms with Gasteiger partial charge in [-0.05, 0) is 37.4 Å². The van der Waals surface area contributed by atoms with Crippen molar-refractivity contribution >= 4 is 23.4 Å². The van der Waals surface area contributed by atoms with E-state index < -0.39 is 0 Å². The third kappa shape index (κ3) is 6.71. The zero-order valence-electron chi connectivity index (χ0n) is 14.7. The van der Waals surface area contributed by atoms with Crippen LogP contribution in [0.4, 0.5) is 5.69 Å². The third-order valence-corrected chi connectivity index (χ3v) is 5.27. The average molecular weight is 352 g/mol. The number of rotatable bonds is 9. The molecule has 0 spiro atoms. The standard InChI is InChI=1S/C18H29N3O2S/c1-3-21(4-2)10-11-23-17-7-5-15(6-8-17)20-18(22)13-16-14-24-12-9-19-16/h5-8,16,19H,3-4,9-14H2,1-2H3,(H,20,22). The van der Waals surface area contributed by atoms with Crippen molar-refractivity contribution < 1.29 is 9.53 Å². The molecule has 134 valence electrons. The monoisotopic (exact) mass is 351 g/mol. The van der Waals surface area contributed by atoms with Gasteiger partial charge in [-0.15, -0.1) is 0 Å². The lowest BCUT2D eigenvalue weighted by atomic mass is 10.2. The van der Waals surface area contributed by atoms with Crippen LogP contribution in [0.5, 0.6) is 5.75 Å². The van der Waals surface area contributed by atoms with E-state index in [2.05, 4.69) is 29.4 Å². The van der Waals surface area contributed by atoms with E-state index in [-0.39, 0.29) is 11.9 Å². The van der Waals surface area contributed by atoms with Crippen molar-refractivity contribution in [3.05, 3.63) is 24.3 Å². The fourth-order valence-corrected chi connectivity index (χ4v) is 3.60. The number of anilines is 1. The molecule has 1 heterocycles. The SMILES string of the molecule is CCN(CC)CCOc1ccc(NC(=O)CC2CSCCN2)cc1. The summed E-state index contributed by atoms with van der Waals surface area (Å²) >= 11 is 1.90. The van der Waals surface area contributed by atoms with E-state index in [1.54, 1.807) is 0 Å². The first-order valence-electron chi connectivity index (χ1n) is 8.77. The Morgan fingerprint density at radius 1 is 1.33 bits per heavy atom. The van der Waals surface area contributed by atoms with Gasteiger partial charge in [-0.1, -0.05) is 13.8 Å². The number of nitrogens with zero attached hydrogens (tertiary/aromatic N) is 1. The first-order chi connectivity index (χ1) is 11.7. The highest BCUT2D eigenvalue weighted by Crippen LogP contribution is 2.17. The Hall–Kier alpha value is -1.24. The van der Waals surface area contributed by atoms with E-state index >= 15 is 0 Å². The molecule has 1 aromatic carbocycles. The molecule has 2 N–H and O–H groups in total. The Bertz CT molecular complexity index is 486. The molecule has 0 aromatic heterocycles. The second-order valence-electron chi connectivity index (χ2n) is 5.88. The van der Waals surface area contributed by atoms with Crippen LogP contribution in [0.25, 0.3) is 0 Å². The summed E-state index contributed by atoms with van der Waals surface area (Å²) < 4.78 is 5.75. The van der Waals surface area contributed by atoms with Crippen molar-refractivity contribution in [2.45, 2.75) is 26.3 Å². The van der Waals surface area contributed by atoms with Gasteiger partial charge in [0.15, 0.2) is 0 Å². The molecule has 1 amide bonds. The van der Waals surface area contributed by atoms with Crippen LogP contribution in [0.3, 0.4) is 0 Å². The van der Waals surface area contributed by atoms with Crippen LogP contribution in [0.1, 0.15) is 20.3 Å². The number of hydrogen-bond donors (Lipinski definition) is 2. The number of carbonyl (C=O) groups is 1. The molecule has 24 heavy (non-hydrogen) atoms. The molecule has 1 aliphatic heterocycles. The maximum Gasteiger partial charge on any atom is 0.225 e. The Morgan fingerprint density at radius 3 is 2.71 bits per heavy atom. The van der Waals surface area contributed by atoms with Crippen LogP contribution < -0.4 is 15.4 Å². The second-order valence-corrected chi connectivity index (χ2v) is 7.03. The second kappa shape index (κ2) is 10.6. The van der Waals surface area contributed by atoms with Crippen LogP contribution in [-0.4, -0.2) is 61.1 Å². The van der Waals surface area contributed by atoms with E-state index in [1.165, 1.54) is 0 Å². The molecule has 2 rings (SSSR count). The number of amides is 1. The van der Waals surface area contributed by atoms with Gasteiger partial charge >= 0.3 is 0 Å². The molecule has 1 fully saturated rings. The molecule has 5 nitrogen and oxygen atoms in total. The van der Waals surface area contributed by atoms with Gasteiger partial charge in [-0.25, -0.2) is 0 Å². The van der Waals surface area contributed by atoms with E-state index in [0.29, 0.717) is 13.0 Å². The van der Waals surface area contributed by atoms with Crippen LogP contribution in [-0.2, 0) is 4.79 Å². The number of likely N-dealkylation sites (N-methyl/N-ethyl adjacent to an activating group) is 1. The largest absolute Gasteiger partial charge is 0.492 e. The molecular formula is C18H29N3O2S. The van der Waals surface area contributed by atoms with Gasteiger partial charge in [0.25, 0.3) is 0 Å². The number of nitrogens with one attached hydrogen (secondary N) is 2. The lowest BCUT2D eigenvalue weighted by Gasteiger charge is -2.22. The Balaban J connectivity index is 1.71. The normalized spacial score (nSPS) is 17.7. The van der Waals surface area contributed by atoms with Crippen molar-refractivity contribution in [2.75, 3.05) is 49.6 Å². The van der Waals surface area contributed by atoms with Gasteiger partial charge < -0.3 is 20.3 Å². The maximum atomic E-state index is 12.1. The average Bonchev–Trinajstić information content (AvgIpc) is 2.61. The molecule has 0 radical (unpaired) electrons. The van der Waals surface area contributed by atoms with E-state index in [9.17, 15) is 4.79 Å². The van der Waals surface area contributed by atoms with E-state index in [4.69, 9.17) is 4.74 Å².